The number of benzene rings is 2. The molecule has 0 amide bonds. The van der Waals surface area contributed by atoms with E-state index in [1.807, 2.05) is 12.1 Å². The van der Waals surface area contributed by atoms with Crippen LogP contribution in [0.25, 0.3) is 10.8 Å². The minimum absolute atomic E-state index is 0.282. The zero-order chi connectivity index (χ0) is 19.7. The molecule has 0 radical (unpaired) electrons. The molecule has 0 unspecified atom stereocenters. The lowest BCUT2D eigenvalue weighted by Crippen LogP contribution is -2.25. The maximum Gasteiger partial charge on any atom is 0.201 e. The summed E-state index contributed by atoms with van der Waals surface area (Å²) in [6.07, 6.45) is 13.2. The molecule has 0 atom stereocenters. The van der Waals surface area contributed by atoms with Crippen molar-refractivity contribution in [2.75, 3.05) is 0 Å². The molecule has 1 N–H and O–H groups in total. The number of phenolic OH excluding ortho intramolecular Hbond substituents is 1. The van der Waals surface area contributed by atoms with Crippen LogP contribution in [0, 0.1) is 29.4 Å². The molecule has 0 spiro atoms. The SMILES string of the molecule is CCCC1CCC(C2CCC(c3ccc4cc(O)c(F)c(F)c4c3)CC2)CC1. The van der Waals surface area contributed by atoms with Gasteiger partial charge in [0.1, 0.15) is 0 Å². The van der Waals surface area contributed by atoms with Crippen molar-refractivity contribution in [3.8, 4) is 5.75 Å². The van der Waals surface area contributed by atoms with Gasteiger partial charge in [0.25, 0.3) is 0 Å². The summed E-state index contributed by atoms with van der Waals surface area (Å²) in [5.41, 5.74) is 1.11. The molecule has 2 aromatic carbocycles. The highest BCUT2D eigenvalue weighted by molar-refractivity contribution is 5.85. The summed E-state index contributed by atoms with van der Waals surface area (Å²) in [6.45, 7) is 2.29. The first kappa shape index (κ1) is 19.7. The van der Waals surface area contributed by atoms with Crippen LogP contribution < -0.4 is 0 Å². The molecule has 0 bridgehead atoms. The molecule has 2 fully saturated rings. The number of halogens is 2. The average molecular weight is 387 g/mol. The van der Waals surface area contributed by atoms with E-state index in [4.69, 9.17) is 0 Å². The minimum atomic E-state index is -1.15. The molecule has 2 aliphatic carbocycles. The Bertz CT molecular complexity index is 815. The number of phenols is 1. The van der Waals surface area contributed by atoms with Gasteiger partial charge in [-0.1, -0.05) is 44.7 Å². The number of aromatic hydroxyl groups is 1. The highest BCUT2D eigenvalue weighted by Gasteiger charge is 2.31. The highest BCUT2D eigenvalue weighted by atomic mass is 19.2. The van der Waals surface area contributed by atoms with Crippen molar-refractivity contribution in [3.05, 3.63) is 41.5 Å². The van der Waals surface area contributed by atoms with E-state index in [1.54, 1.807) is 6.07 Å². The monoisotopic (exact) mass is 386 g/mol. The lowest BCUT2D eigenvalue weighted by molar-refractivity contribution is 0.156. The summed E-state index contributed by atoms with van der Waals surface area (Å²) in [7, 11) is 0. The third kappa shape index (κ3) is 3.90. The normalized spacial score (nSPS) is 28.5. The topological polar surface area (TPSA) is 20.2 Å². The van der Waals surface area contributed by atoms with Gasteiger partial charge in [-0.3, -0.25) is 0 Å². The fourth-order valence-electron chi connectivity index (χ4n) is 5.87. The summed E-state index contributed by atoms with van der Waals surface area (Å²) in [5.74, 6) is 0.456. The molecule has 1 nitrogen and oxygen atoms in total. The Balaban J connectivity index is 1.40. The Hall–Kier alpha value is -1.64. The van der Waals surface area contributed by atoms with Crippen LogP contribution in [0.5, 0.6) is 5.75 Å². The Labute approximate surface area is 167 Å². The van der Waals surface area contributed by atoms with Crippen molar-refractivity contribution in [1.82, 2.24) is 0 Å². The van der Waals surface area contributed by atoms with E-state index in [0.717, 1.165) is 36.2 Å². The molecular formula is C25H32F2O. The van der Waals surface area contributed by atoms with E-state index in [2.05, 4.69) is 6.92 Å². The van der Waals surface area contributed by atoms with Crippen molar-refractivity contribution < 1.29 is 13.9 Å². The zero-order valence-corrected chi connectivity index (χ0v) is 16.9. The highest BCUT2D eigenvalue weighted by Crippen LogP contribution is 2.45. The van der Waals surface area contributed by atoms with Crippen LogP contribution in [0.4, 0.5) is 8.78 Å². The molecule has 4 rings (SSSR count). The molecule has 0 aliphatic heterocycles. The Morgan fingerprint density at radius 1 is 0.857 bits per heavy atom. The van der Waals surface area contributed by atoms with Crippen molar-refractivity contribution in [3.63, 3.8) is 0 Å². The van der Waals surface area contributed by atoms with E-state index in [-0.39, 0.29) is 5.39 Å². The summed E-state index contributed by atoms with van der Waals surface area (Å²) >= 11 is 0. The zero-order valence-electron chi connectivity index (χ0n) is 16.9. The van der Waals surface area contributed by atoms with Crippen molar-refractivity contribution >= 4 is 10.8 Å². The van der Waals surface area contributed by atoms with Gasteiger partial charge < -0.3 is 5.11 Å². The predicted octanol–water partition coefficient (Wildman–Crippen LogP) is 7.70. The average Bonchev–Trinajstić information content (AvgIpc) is 2.73. The van der Waals surface area contributed by atoms with Gasteiger partial charge >= 0.3 is 0 Å². The standard InChI is InChI=1S/C25H32F2O/c1-2-3-16-4-6-17(7-5-16)18-8-10-19(11-9-18)20-12-13-21-15-23(28)25(27)24(26)22(21)14-20/h12-19,28H,2-11H2,1H3. The largest absolute Gasteiger partial charge is 0.505 e. The molecule has 3 heteroatoms. The van der Waals surface area contributed by atoms with Crippen LogP contribution in [0.3, 0.4) is 0 Å². The van der Waals surface area contributed by atoms with E-state index < -0.39 is 17.4 Å². The molecule has 28 heavy (non-hydrogen) atoms. The molecular weight excluding hydrogens is 354 g/mol. The van der Waals surface area contributed by atoms with Crippen LogP contribution in [-0.2, 0) is 0 Å². The van der Waals surface area contributed by atoms with E-state index >= 15 is 0 Å². The van der Waals surface area contributed by atoms with Crippen molar-refractivity contribution in [1.29, 1.82) is 0 Å². The van der Waals surface area contributed by atoms with Crippen molar-refractivity contribution in [2.24, 2.45) is 17.8 Å². The molecule has 0 heterocycles. The molecule has 152 valence electrons. The Morgan fingerprint density at radius 2 is 1.50 bits per heavy atom. The van der Waals surface area contributed by atoms with Gasteiger partial charge in [0.2, 0.25) is 5.82 Å². The quantitative estimate of drug-likeness (QED) is 0.570. The molecule has 2 aliphatic rings. The van der Waals surface area contributed by atoms with Gasteiger partial charge in [-0.05, 0) is 85.3 Å². The minimum Gasteiger partial charge on any atom is -0.505 e. The van der Waals surface area contributed by atoms with Gasteiger partial charge in [-0.2, -0.15) is 4.39 Å². The number of rotatable bonds is 4. The van der Waals surface area contributed by atoms with Gasteiger partial charge in [0.15, 0.2) is 11.6 Å². The molecule has 2 saturated carbocycles. The number of hydrogen-bond donors (Lipinski definition) is 1. The van der Waals surface area contributed by atoms with Crippen LogP contribution in [0.1, 0.15) is 82.6 Å². The predicted molar refractivity (Wildman–Crippen MR) is 111 cm³/mol. The van der Waals surface area contributed by atoms with Crippen LogP contribution >= 0.6 is 0 Å². The van der Waals surface area contributed by atoms with Crippen LogP contribution in [-0.4, -0.2) is 5.11 Å². The number of hydrogen-bond acceptors (Lipinski definition) is 1. The number of fused-ring (bicyclic) bond motifs is 1. The van der Waals surface area contributed by atoms with Crippen LogP contribution in [0.2, 0.25) is 0 Å². The summed E-state index contributed by atoms with van der Waals surface area (Å²) in [6, 6.07) is 6.95. The maximum absolute atomic E-state index is 14.3. The molecule has 0 saturated heterocycles. The second-order valence-electron chi connectivity index (χ2n) is 9.19. The van der Waals surface area contributed by atoms with E-state index in [0.29, 0.717) is 11.3 Å². The van der Waals surface area contributed by atoms with Crippen molar-refractivity contribution in [2.45, 2.75) is 77.0 Å². The summed E-state index contributed by atoms with van der Waals surface area (Å²) < 4.78 is 28.0. The van der Waals surface area contributed by atoms with E-state index in [9.17, 15) is 13.9 Å². The fraction of sp³-hybridized carbons (Fsp3) is 0.600. The van der Waals surface area contributed by atoms with Gasteiger partial charge in [-0.15, -0.1) is 0 Å². The first-order valence-electron chi connectivity index (χ1n) is 11.2. The second-order valence-corrected chi connectivity index (χ2v) is 9.19. The lowest BCUT2D eigenvalue weighted by atomic mass is 9.68. The summed E-state index contributed by atoms with van der Waals surface area (Å²) in [4.78, 5) is 0. The molecule has 0 aromatic heterocycles. The Morgan fingerprint density at radius 3 is 2.14 bits per heavy atom. The van der Waals surface area contributed by atoms with Gasteiger partial charge in [0.05, 0.1) is 0 Å². The fourth-order valence-corrected chi connectivity index (χ4v) is 5.87. The third-order valence-electron chi connectivity index (χ3n) is 7.52. The van der Waals surface area contributed by atoms with Gasteiger partial charge in [-0.25, -0.2) is 4.39 Å². The lowest BCUT2D eigenvalue weighted by Gasteiger charge is -2.38. The summed E-state index contributed by atoms with van der Waals surface area (Å²) in [5, 5.41) is 10.3. The van der Waals surface area contributed by atoms with Crippen LogP contribution in [0.15, 0.2) is 24.3 Å². The first-order chi connectivity index (χ1) is 13.6. The molecule has 2 aromatic rings. The van der Waals surface area contributed by atoms with E-state index in [1.165, 1.54) is 57.4 Å². The smallest absolute Gasteiger partial charge is 0.201 e. The van der Waals surface area contributed by atoms with Gasteiger partial charge in [0, 0.05) is 5.39 Å². The first-order valence-corrected chi connectivity index (χ1v) is 11.2. The maximum atomic E-state index is 14.3. The second kappa shape index (κ2) is 8.39. The third-order valence-corrected chi connectivity index (χ3v) is 7.52. The Kier molecular flexibility index (Phi) is 5.89.